The molecule has 0 aliphatic rings. The highest BCUT2D eigenvalue weighted by Gasteiger charge is 2.11. The van der Waals surface area contributed by atoms with Crippen molar-refractivity contribution in [2.75, 3.05) is 14.1 Å². The van der Waals surface area contributed by atoms with Gasteiger partial charge < -0.3 is 4.98 Å². The summed E-state index contributed by atoms with van der Waals surface area (Å²) in [5.41, 5.74) is 0.908. The summed E-state index contributed by atoms with van der Waals surface area (Å²) in [6.45, 7) is 0.310. The van der Waals surface area contributed by atoms with Gasteiger partial charge in [0.25, 0.3) is 10.2 Å². The molecule has 6 heteroatoms. The lowest BCUT2D eigenvalue weighted by Gasteiger charge is -2.11. The van der Waals surface area contributed by atoms with E-state index in [-0.39, 0.29) is 0 Å². The van der Waals surface area contributed by atoms with Crippen LogP contribution in [0.15, 0.2) is 18.5 Å². The van der Waals surface area contributed by atoms with Gasteiger partial charge in [0.15, 0.2) is 0 Å². The number of hydrogen-bond donors (Lipinski definition) is 2. The molecular weight excluding hydrogens is 190 g/mol. The molecule has 0 spiro atoms. The molecule has 13 heavy (non-hydrogen) atoms. The Hall–Kier alpha value is -0.850. The third-order valence-corrected chi connectivity index (χ3v) is 3.07. The van der Waals surface area contributed by atoms with Crippen molar-refractivity contribution in [2.24, 2.45) is 0 Å². The second-order valence-corrected chi connectivity index (χ2v) is 4.80. The van der Waals surface area contributed by atoms with Crippen LogP contribution in [0.3, 0.4) is 0 Å². The average molecular weight is 203 g/mol. The van der Waals surface area contributed by atoms with Gasteiger partial charge in [0.05, 0.1) is 0 Å². The third-order valence-electron chi connectivity index (χ3n) is 1.60. The number of nitrogens with zero attached hydrogens (tertiary/aromatic N) is 1. The first-order valence-electron chi connectivity index (χ1n) is 3.81. The molecule has 0 aliphatic carbocycles. The lowest BCUT2D eigenvalue weighted by molar-refractivity contribution is 0.505. The first-order valence-corrected chi connectivity index (χ1v) is 5.25. The van der Waals surface area contributed by atoms with Crippen molar-refractivity contribution in [1.29, 1.82) is 0 Å². The minimum Gasteiger partial charge on any atom is -0.367 e. The zero-order valence-corrected chi connectivity index (χ0v) is 8.43. The molecule has 5 nitrogen and oxygen atoms in total. The molecular formula is C7H13N3O2S. The van der Waals surface area contributed by atoms with E-state index in [0.29, 0.717) is 6.54 Å². The normalized spacial score (nSPS) is 12.2. The van der Waals surface area contributed by atoms with Crippen LogP contribution in [0.5, 0.6) is 0 Å². The van der Waals surface area contributed by atoms with E-state index in [9.17, 15) is 8.42 Å². The smallest absolute Gasteiger partial charge is 0.279 e. The van der Waals surface area contributed by atoms with E-state index in [2.05, 4.69) is 9.71 Å². The Morgan fingerprint density at radius 2 is 2.23 bits per heavy atom. The van der Waals surface area contributed by atoms with E-state index < -0.39 is 10.2 Å². The van der Waals surface area contributed by atoms with Gasteiger partial charge >= 0.3 is 0 Å². The van der Waals surface area contributed by atoms with Gasteiger partial charge in [-0.2, -0.15) is 17.4 Å². The molecule has 0 aromatic carbocycles. The number of aromatic amines is 1. The predicted octanol–water partition coefficient (Wildman–Crippen LogP) is -0.0893. The van der Waals surface area contributed by atoms with Crippen LogP contribution in [0.1, 0.15) is 5.56 Å². The Bertz CT molecular complexity index is 342. The van der Waals surface area contributed by atoms with Crippen molar-refractivity contribution in [3.05, 3.63) is 24.0 Å². The maximum Gasteiger partial charge on any atom is 0.279 e. The van der Waals surface area contributed by atoms with E-state index in [4.69, 9.17) is 0 Å². The van der Waals surface area contributed by atoms with E-state index in [1.807, 2.05) is 6.07 Å². The fourth-order valence-corrected chi connectivity index (χ4v) is 1.38. The molecule has 0 fully saturated rings. The van der Waals surface area contributed by atoms with Crippen LogP contribution in [0.25, 0.3) is 0 Å². The first-order chi connectivity index (χ1) is 6.02. The average Bonchev–Trinajstić information content (AvgIpc) is 2.52. The summed E-state index contributed by atoms with van der Waals surface area (Å²) in [5.74, 6) is 0. The van der Waals surface area contributed by atoms with Gasteiger partial charge in [0.1, 0.15) is 0 Å². The summed E-state index contributed by atoms with van der Waals surface area (Å²) >= 11 is 0. The second kappa shape index (κ2) is 3.91. The lowest BCUT2D eigenvalue weighted by atomic mass is 10.4. The fourth-order valence-electron chi connectivity index (χ4n) is 0.772. The number of H-pyrrole nitrogens is 1. The second-order valence-electron chi connectivity index (χ2n) is 2.83. The van der Waals surface area contributed by atoms with Gasteiger partial charge in [-0.1, -0.05) is 0 Å². The third kappa shape index (κ3) is 2.83. The molecule has 0 bridgehead atoms. The number of nitrogens with one attached hydrogen (secondary N) is 2. The molecule has 1 aromatic heterocycles. The molecule has 0 saturated carbocycles. The zero-order valence-electron chi connectivity index (χ0n) is 7.61. The number of rotatable bonds is 4. The summed E-state index contributed by atoms with van der Waals surface area (Å²) in [5, 5.41) is 0. The van der Waals surface area contributed by atoms with Crippen LogP contribution in [-0.2, 0) is 16.8 Å². The molecule has 74 valence electrons. The van der Waals surface area contributed by atoms with Gasteiger partial charge in [-0.25, -0.2) is 0 Å². The van der Waals surface area contributed by atoms with Crippen LogP contribution in [0.4, 0.5) is 0 Å². The van der Waals surface area contributed by atoms with Crippen LogP contribution in [0, 0.1) is 0 Å². The van der Waals surface area contributed by atoms with Crippen molar-refractivity contribution in [3.8, 4) is 0 Å². The monoisotopic (exact) mass is 203 g/mol. The number of aromatic nitrogens is 1. The van der Waals surface area contributed by atoms with Gasteiger partial charge in [0.2, 0.25) is 0 Å². The van der Waals surface area contributed by atoms with E-state index in [1.165, 1.54) is 14.1 Å². The number of hydrogen-bond acceptors (Lipinski definition) is 2. The molecule has 0 unspecified atom stereocenters. The molecule has 2 N–H and O–H groups in total. The van der Waals surface area contributed by atoms with Crippen LogP contribution >= 0.6 is 0 Å². The standard InChI is InChI=1S/C7H13N3O2S/c1-10(2)13(11,12)9-6-7-3-4-8-5-7/h3-5,8-9H,6H2,1-2H3. The van der Waals surface area contributed by atoms with E-state index >= 15 is 0 Å². The molecule has 0 atom stereocenters. The topological polar surface area (TPSA) is 65.2 Å². The summed E-state index contributed by atoms with van der Waals surface area (Å²) in [7, 11) is -0.334. The predicted molar refractivity (Wildman–Crippen MR) is 50.2 cm³/mol. The zero-order chi connectivity index (χ0) is 9.90. The van der Waals surface area contributed by atoms with Crippen LogP contribution in [-0.4, -0.2) is 31.8 Å². The summed E-state index contributed by atoms with van der Waals surface area (Å²) in [6.07, 6.45) is 3.50. The van der Waals surface area contributed by atoms with E-state index in [1.54, 1.807) is 12.4 Å². The maximum absolute atomic E-state index is 11.2. The van der Waals surface area contributed by atoms with Crippen LogP contribution in [0.2, 0.25) is 0 Å². The van der Waals surface area contributed by atoms with Crippen molar-refractivity contribution in [3.63, 3.8) is 0 Å². The maximum atomic E-state index is 11.2. The summed E-state index contributed by atoms with van der Waals surface area (Å²) < 4.78 is 26.0. The van der Waals surface area contributed by atoms with E-state index in [0.717, 1.165) is 9.87 Å². The molecule has 1 aromatic rings. The van der Waals surface area contributed by atoms with Crippen molar-refractivity contribution in [1.82, 2.24) is 14.0 Å². The molecule has 0 amide bonds. The SMILES string of the molecule is CN(C)S(=O)(=O)NCc1cc[nH]c1. The van der Waals surface area contributed by atoms with Crippen molar-refractivity contribution in [2.45, 2.75) is 6.54 Å². The van der Waals surface area contributed by atoms with Crippen molar-refractivity contribution >= 4 is 10.2 Å². The lowest BCUT2D eigenvalue weighted by Crippen LogP contribution is -2.35. The van der Waals surface area contributed by atoms with Gasteiger partial charge in [-0.05, 0) is 11.6 Å². The van der Waals surface area contributed by atoms with Crippen molar-refractivity contribution < 1.29 is 8.42 Å². The Kier molecular flexibility index (Phi) is 3.07. The minimum absolute atomic E-state index is 0.310. The largest absolute Gasteiger partial charge is 0.367 e. The highest BCUT2D eigenvalue weighted by molar-refractivity contribution is 7.87. The summed E-state index contributed by atoms with van der Waals surface area (Å²) in [4.78, 5) is 2.85. The molecule has 0 aliphatic heterocycles. The Balaban J connectivity index is 2.53. The minimum atomic E-state index is -3.30. The van der Waals surface area contributed by atoms with Gasteiger partial charge in [-0.3, -0.25) is 0 Å². The molecule has 1 rings (SSSR count). The quantitative estimate of drug-likeness (QED) is 0.718. The summed E-state index contributed by atoms with van der Waals surface area (Å²) in [6, 6.07) is 1.82. The highest BCUT2D eigenvalue weighted by atomic mass is 32.2. The highest BCUT2D eigenvalue weighted by Crippen LogP contribution is 1.97. The first kappa shape index (κ1) is 10.2. The molecule has 1 heterocycles. The fraction of sp³-hybridized carbons (Fsp3) is 0.429. The Morgan fingerprint density at radius 1 is 1.54 bits per heavy atom. The molecule has 0 radical (unpaired) electrons. The van der Waals surface area contributed by atoms with Gasteiger partial charge in [0, 0.05) is 33.0 Å². The van der Waals surface area contributed by atoms with Gasteiger partial charge in [-0.15, -0.1) is 0 Å². The molecule has 0 saturated heterocycles. The van der Waals surface area contributed by atoms with Crippen LogP contribution < -0.4 is 4.72 Å². The Morgan fingerprint density at radius 3 is 2.69 bits per heavy atom. The Labute approximate surface area is 77.9 Å².